The Morgan fingerprint density at radius 1 is 1.38 bits per heavy atom. The molecule has 0 aliphatic rings. The van der Waals surface area contributed by atoms with Crippen molar-refractivity contribution >= 4 is 23.4 Å². The fourth-order valence-corrected chi connectivity index (χ4v) is 1.02. The van der Waals surface area contributed by atoms with Crippen LogP contribution in [0.15, 0.2) is 30.3 Å². The van der Waals surface area contributed by atoms with E-state index in [1.54, 1.807) is 0 Å². The van der Waals surface area contributed by atoms with E-state index in [0.29, 0.717) is 6.41 Å². The second-order valence-electron chi connectivity index (χ2n) is 2.47. The molecule has 0 radical (unpaired) electrons. The van der Waals surface area contributed by atoms with Gasteiger partial charge in [-0.3, -0.25) is 14.5 Å². The molecule has 1 aromatic rings. The topological polar surface area (TPSA) is 37.4 Å². The largest absolute Gasteiger partial charge is 0.323 e. The summed E-state index contributed by atoms with van der Waals surface area (Å²) in [7, 11) is 0. The number of benzene rings is 1. The SMILES string of the molecule is O=CN(Cc1ccccc1)C(=O)Cl. The van der Waals surface area contributed by atoms with Gasteiger partial charge in [-0.25, -0.2) is 0 Å². The molecular weight excluding hydrogens is 190 g/mol. The lowest BCUT2D eigenvalue weighted by Gasteiger charge is -2.10. The molecule has 0 spiro atoms. The first-order valence-electron chi connectivity index (χ1n) is 3.69. The first-order valence-corrected chi connectivity index (χ1v) is 4.07. The lowest BCUT2D eigenvalue weighted by Crippen LogP contribution is -2.23. The van der Waals surface area contributed by atoms with E-state index in [0.717, 1.165) is 10.5 Å². The van der Waals surface area contributed by atoms with Gasteiger partial charge >= 0.3 is 5.37 Å². The van der Waals surface area contributed by atoms with Gasteiger partial charge in [0.2, 0.25) is 6.41 Å². The van der Waals surface area contributed by atoms with Crippen LogP contribution in [0.5, 0.6) is 0 Å². The van der Waals surface area contributed by atoms with Gasteiger partial charge in [0.15, 0.2) is 0 Å². The Morgan fingerprint density at radius 2 is 2.00 bits per heavy atom. The third kappa shape index (κ3) is 2.87. The van der Waals surface area contributed by atoms with E-state index in [1.807, 2.05) is 30.3 Å². The molecule has 0 aromatic heterocycles. The van der Waals surface area contributed by atoms with Crippen LogP contribution < -0.4 is 0 Å². The smallest absolute Gasteiger partial charge is 0.278 e. The van der Waals surface area contributed by atoms with Gasteiger partial charge in [-0.1, -0.05) is 30.3 Å². The lowest BCUT2D eigenvalue weighted by atomic mass is 10.2. The highest BCUT2D eigenvalue weighted by Gasteiger charge is 2.08. The molecule has 13 heavy (non-hydrogen) atoms. The maximum Gasteiger partial charge on any atom is 0.323 e. The quantitative estimate of drug-likeness (QED) is 0.422. The van der Waals surface area contributed by atoms with E-state index < -0.39 is 5.37 Å². The van der Waals surface area contributed by atoms with E-state index in [9.17, 15) is 9.59 Å². The summed E-state index contributed by atoms with van der Waals surface area (Å²) in [5.74, 6) is 0. The lowest BCUT2D eigenvalue weighted by molar-refractivity contribution is -0.115. The standard InChI is InChI=1S/C9H8ClNO2/c10-9(13)11(7-12)6-8-4-2-1-3-5-8/h1-5,7H,6H2. The second kappa shape index (κ2) is 4.62. The van der Waals surface area contributed by atoms with E-state index >= 15 is 0 Å². The molecule has 2 amide bonds. The molecule has 3 nitrogen and oxygen atoms in total. The summed E-state index contributed by atoms with van der Waals surface area (Å²) in [6.45, 7) is 0.215. The van der Waals surface area contributed by atoms with Gasteiger partial charge in [-0.05, 0) is 17.2 Å². The number of halogens is 1. The van der Waals surface area contributed by atoms with Crippen molar-refractivity contribution in [2.24, 2.45) is 0 Å². The summed E-state index contributed by atoms with van der Waals surface area (Å²) >= 11 is 5.15. The zero-order chi connectivity index (χ0) is 9.68. The van der Waals surface area contributed by atoms with Crippen LogP contribution in [0, 0.1) is 0 Å². The summed E-state index contributed by atoms with van der Waals surface area (Å²) in [4.78, 5) is 21.9. The van der Waals surface area contributed by atoms with Crippen LogP contribution in [-0.2, 0) is 11.3 Å². The molecule has 0 saturated heterocycles. The van der Waals surface area contributed by atoms with Crippen LogP contribution in [0.2, 0.25) is 0 Å². The molecule has 0 aliphatic heterocycles. The Bertz CT molecular complexity index is 300. The van der Waals surface area contributed by atoms with Crippen molar-refractivity contribution < 1.29 is 9.59 Å². The number of amides is 2. The number of carbonyl (C=O) groups is 2. The Morgan fingerprint density at radius 3 is 2.46 bits per heavy atom. The minimum absolute atomic E-state index is 0.215. The van der Waals surface area contributed by atoms with Crippen molar-refractivity contribution in [3.63, 3.8) is 0 Å². The summed E-state index contributed by atoms with van der Waals surface area (Å²) < 4.78 is 0. The van der Waals surface area contributed by atoms with Gasteiger partial charge in [-0.15, -0.1) is 0 Å². The molecule has 0 saturated carbocycles. The van der Waals surface area contributed by atoms with Crippen molar-refractivity contribution in [2.75, 3.05) is 0 Å². The van der Waals surface area contributed by atoms with Crippen molar-refractivity contribution in [3.05, 3.63) is 35.9 Å². The number of imide groups is 1. The molecule has 68 valence electrons. The fraction of sp³-hybridized carbons (Fsp3) is 0.111. The Labute approximate surface area is 80.9 Å². The number of hydrogen-bond donors (Lipinski definition) is 0. The van der Waals surface area contributed by atoms with Gasteiger partial charge in [0.1, 0.15) is 0 Å². The normalized spacial score (nSPS) is 9.31. The average molecular weight is 198 g/mol. The number of carbonyl (C=O) groups excluding carboxylic acids is 2. The van der Waals surface area contributed by atoms with Crippen molar-refractivity contribution in [1.82, 2.24) is 4.90 Å². The van der Waals surface area contributed by atoms with Gasteiger partial charge in [0.25, 0.3) is 0 Å². The second-order valence-corrected chi connectivity index (χ2v) is 2.80. The van der Waals surface area contributed by atoms with Gasteiger partial charge in [-0.2, -0.15) is 0 Å². The Hall–Kier alpha value is -1.35. The Balaban J connectivity index is 2.67. The van der Waals surface area contributed by atoms with Crippen LogP contribution in [0.3, 0.4) is 0 Å². The van der Waals surface area contributed by atoms with Gasteiger partial charge in [0, 0.05) is 0 Å². The predicted molar refractivity (Wildman–Crippen MR) is 49.3 cm³/mol. The highest BCUT2D eigenvalue weighted by Crippen LogP contribution is 2.04. The molecule has 0 N–H and O–H groups in total. The van der Waals surface area contributed by atoms with Crippen LogP contribution in [-0.4, -0.2) is 16.7 Å². The van der Waals surface area contributed by atoms with Crippen molar-refractivity contribution in [3.8, 4) is 0 Å². The first kappa shape index (κ1) is 9.74. The molecule has 0 unspecified atom stereocenters. The minimum atomic E-state index is -0.765. The summed E-state index contributed by atoms with van der Waals surface area (Å²) in [5, 5.41) is -0.765. The first-order chi connectivity index (χ1) is 6.24. The molecular formula is C9H8ClNO2. The molecule has 0 fully saturated rings. The molecule has 0 heterocycles. The number of hydrogen-bond acceptors (Lipinski definition) is 2. The number of rotatable bonds is 3. The molecule has 0 aliphatic carbocycles. The monoisotopic (exact) mass is 197 g/mol. The average Bonchev–Trinajstić information content (AvgIpc) is 2.15. The van der Waals surface area contributed by atoms with Gasteiger partial charge < -0.3 is 0 Å². The number of nitrogens with zero attached hydrogens (tertiary/aromatic N) is 1. The molecule has 1 rings (SSSR count). The van der Waals surface area contributed by atoms with Crippen LogP contribution in [0.4, 0.5) is 4.79 Å². The predicted octanol–water partition coefficient (Wildman–Crippen LogP) is 2.00. The third-order valence-electron chi connectivity index (χ3n) is 1.55. The molecule has 4 heteroatoms. The van der Waals surface area contributed by atoms with E-state index in [1.165, 1.54) is 0 Å². The maximum atomic E-state index is 10.6. The summed E-state index contributed by atoms with van der Waals surface area (Å²) in [6.07, 6.45) is 0.419. The molecule has 0 bridgehead atoms. The highest BCUT2D eigenvalue weighted by molar-refractivity contribution is 6.63. The van der Waals surface area contributed by atoms with Crippen LogP contribution in [0.1, 0.15) is 5.56 Å². The third-order valence-corrected chi connectivity index (χ3v) is 1.77. The minimum Gasteiger partial charge on any atom is -0.278 e. The molecule has 0 atom stereocenters. The maximum absolute atomic E-state index is 10.6. The van der Waals surface area contributed by atoms with E-state index in [-0.39, 0.29) is 6.54 Å². The van der Waals surface area contributed by atoms with Crippen LogP contribution >= 0.6 is 11.6 Å². The van der Waals surface area contributed by atoms with Crippen LogP contribution in [0.25, 0.3) is 0 Å². The summed E-state index contributed by atoms with van der Waals surface area (Å²) in [6, 6.07) is 9.15. The summed E-state index contributed by atoms with van der Waals surface area (Å²) in [5.41, 5.74) is 0.864. The van der Waals surface area contributed by atoms with Crippen molar-refractivity contribution in [2.45, 2.75) is 6.54 Å². The van der Waals surface area contributed by atoms with E-state index in [4.69, 9.17) is 11.6 Å². The zero-order valence-electron chi connectivity index (χ0n) is 6.81. The highest BCUT2D eigenvalue weighted by atomic mass is 35.5. The van der Waals surface area contributed by atoms with Gasteiger partial charge in [0.05, 0.1) is 6.54 Å². The van der Waals surface area contributed by atoms with E-state index in [2.05, 4.69) is 0 Å². The molecule has 1 aromatic carbocycles. The fourth-order valence-electron chi connectivity index (χ4n) is 0.921. The van der Waals surface area contributed by atoms with Crippen molar-refractivity contribution in [1.29, 1.82) is 0 Å². The Kier molecular flexibility index (Phi) is 3.46. The zero-order valence-corrected chi connectivity index (χ0v) is 7.57.